The number of hydrogen-bond acceptors (Lipinski definition) is 3. The van der Waals surface area contributed by atoms with Crippen LogP contribution in [0, 0.1) is 12.8 Å². The SMILES string of the molecule is Cc1ccc2c(c1)[C@@H]1C=CC[C@H]1[C@@H](c1ccc(N=Cc3ccc(N(C)C)cc3)cc1)N2. The van der Waals surface area contributed by atoms with Crippen LogP contribution in [0.3, 0.4) is 0 Å². The fraction of sp³-hybridized carbons (Fsp3) is 0.250. The van der Waals surface area contributed by atoms with Crippen LogP contribution >= 0.6 is 0 Å². The van der Waals surface area contributed by atoms with E-state index in [-0.39, 0.29) is 0 Å². The number of aliphatic imine (C=N–C) groups is 1. The second-order valence-electron chi connectivity index (χ2n) is 8.90. The molecule has 0 unspecified atom stereocenters. The summed E-state index contributed by atoms with van der Waals surface area (Å²) in [5.41, 5.74) is 8.65. The van der Waals surface area contributed by atoms with Gasteiger partial charge in [-0.1, -0.05) is 54.1 Å². The van der Waals surface area contributed by atoms with Gasteiger partial charge in [0.05, 0.1) is 11.7 Å². The molecule has 5 rings (SSSR count). The lowest BCUT2D eigenvalue weighted by Crippen LogP contribution is -2.29. The van der Waals surface area contributed by atoms with Crippen LogP contribution in [0.15, 0.2) is 83.9 Å². The van der Waals surface area contributed by atoms with E-state index >= 15 is 0 Å². The molecule has 31 heavy (non-hydrogen) atoms. The summed E-state index contributed by atoms with van der Waals surface area (Å²) < 4.78 is 0. The lowest BCUT2D eigenvalue weighted by Gasteiger charge is -2.37. The van der Waals surface area contributed by atoms with Gasteiger partial charge in [-0.05, 0) is 66.3 Å². The minimum atomic E-state index is 0.326. The minimum Gasteiger partial charge on any atom is -0.378 e. The largest absolute Gasteiger partial charge is 0.378 e. The quantitative estimate of drug-likeness (QED) is 0.388. The van der Waals surface area contributed by atoms with Crippen molar-refractivity contribution in [2.75, 3.05) is 24.3 Å². The van der Waals surface area contributed by atoms with Crippen LogP contribution in [0.4, 0.5) is 17.1 Å². The summed E-state index contributed by atoms with van der Waals surface area (Å²) in [7, 11) is 4.10. The molecule has 0 saturated carbocycles. The number of anilines is 2. The van der Waals surface area contributed by atoms with Gasteiger partial charge in [0.2, 0.25) is 0 Å². The molecule has 1 heterocycles. The van der Waals surface area contributed by atoms with Crippen LogP contribution in [-0.4, -0.2) is 20.3 Å². The van der Waals surface area contributed by atoms with Crippen molar-refractivity contribution in [3.8, 4) is 0 Å². The summed E-state index contributed by atoms with van der Waals surface area (Å²) in [4.78, 5) is 6.78. The Morgan fingerprint density at radius 1 is 0.968 bits per heavy atom. The van der Waals surface area contributed by atoms with Crippen molar-refractivity contribution in [1.82, 2.24) is 0 Å². The molecule has 156 valence electrons. The third-order valence-corrected chi connectivity index (χ3v) is 6.54. The van der Waals surface area contributed by atoms with E-state index in [1.165, 1.54) is 28.1 Å². The van der Waals surface area contributed by atoms with Crippen molar-refractivity contribution in [1.29, 1.82) is 0 Å². The maximum atomic E-state index is 4.68. The van der Waals surface area contributed by atoms with Crippen LogP contribution in [0.2, 0.25) is 0 Å². The van der Waals surface area contributed by atoms with Gasteiger partial charge in [-0.2, -0.15) is 0 Å². The summed E-state index contributed by atoms with van der Waals surface area (Å²) in [5.74, 6) is 1.07. The van der Waals surface area contributed by atoms with Crippen molar-refractivity contribution in [2.45, 2.75) is 25.3 Å². The molecule has 3 heteroatoms. The Bertz CT molecular complexity index is 1120. The number of rotatable bonds is 4. The van der Waals surface area contributed by atoms with E-state index in [1.54, 1.807) is 0 Å². The second kappa shape index (κ2) is 8.07. The number of aryl methyl sites for hydroxylation is 1. The minimum absolute atomic E-state index is 0.326. The summed E-state index contributed by atoms with van der Waals surface area (Å²) in [6.07, 6.45) is 7.81. The number of allylic oxidation sites excluding steroid dienone is 2. The van der Waals surface area contributed by atoms with Gasteiger partial charge in [-0.15, -0.1) is 0 Å². The highest BCUT2D eigenvalue weighted by Crippen LogP contribution is 2.50. The number of nitrogens with zero attached hydrogens (tertiary/aromatic N) is 2. The highest BCUT2D eigenvalue weighted by atomic mass is 15.1. The Balaban J connectivity index is 1.34. The van der Waals surface area contributed by atoms with Crippen LogP contribution in [-0.2, 0) is 0 Å². The van der Waals surface area contributed by atoms with Crippen molar-refractivity contribution in [3.05, 3.63) is 101 Å². The smallest absolute Gasteiger partial charge is 0.0630 e. The van der Waals surface area contributed by atoms with Crippen LogP contribution < -0.4 is 10.2 Å². The fourth-order valence-electron chi connectivity index (χ4n) is 4.82. The lowest BCUT2D eigenvalue weighted by molar-refractivity contribution is 0.425. The van der Waals surface area contributed by atoms with E-state index in [4.69, 9.17) is 0 Å². The average molecular weight is 408 g/mol. The predicted octanol–water partition coefficient (Wildman–Crippen LogP) is 6.64. The Kier molecular flexibility index (Phi) is 5.11. The highest BCUT2D eigenvalue weighted by Gasteiger charge is 2.37. The van der Waals surface area contributed by atoms with Gasteiger partial charge in [0.25, 0.3) is 0 Å². The highest BCUT2D eigenvalue weighted by molar-refractivity contribution is 5.82. The topological polar surface area (TPSA) is 27.6 Å². The van der Waals surface area contributed by atoms with Gasteiger partial charge < -0.3 is 10.2 Å². The molecule has 1 aliphatic carbocycles. The van der Waals surface area contributed by atoms with Gasteiger partial charge >= 0.3 is 0 Å². The number of hydrogen-bond donors (Lipinski definition) is 1. The molecule has 0 saturated heterocycles. The third-order valence-electron chi connectivity index (χ3n) is 6.54. The molecular formula is C28H29N3. The second-order valence-corrected chi connectivity index (χ2v) is 8.90. The van der Waals surface area contributed by atoms with Crippen LogP contribution in [0.5, 0.6) is 0 Å². The molecule has 3 atom stereocenters. The first kappa shape index (κ1) is 19.6. The normalized spacial score (nSPS) is 21.6. The Labute approximate surface area is 185 Å². The van der Waals surface area contributed by atoms with E-state index in [0.717, 1.165) is 17.7 Å². The number of benzene rings is 3. The molecule has 0 amide bonds. The number of fused-ring (bicyclic) bond motifs is 3. The zero-order valence-corrected chi connectivity index (χ0v) is 18.4. The van der Waals surface area contributed by atoms with Gasteiger partial charge in [0.1, 0.15) is 0 Å². The van der Waals surface area contributed by atoms with Crippen molar-refractivity contribution in [2.24, 2.45) is 10.9 Å². The predicted molar refractivity (Wildman–Crippen MR) is 132 cm³/mol. The maximum Gasteiger partial charge on any atom is 0.0630 e. The fourth-order valence-corrected chi connectivity index (χ4v) is 4.82. The standard InChI is InChI=1S/C28H29N3/c1-19-7-16-27-26(17-19)24-5-4-6-25(24)28(30-27)21-10-12-22(13-11-21)29-18-20-8-14-23(15-9-20)31(2)3/h4-5,7-18,24-25,28,30H,6H2,1-3H3/t24-,25-,28-/m1/s1. The molecule has 3 aromatic carbocycles. The molecule has 0 bridgehead atoms. The van der Waals surface area contributed by atoms with Gasteiger partial charge in [-0.25, -0.2) is 0 Å². The molecule has 0 spiro atoms. The molecule has 3 nitrogen and oxygen atoms in total. The number of nitrogens with one attached hydrogen (secondary N) is 1. The van der Waals surface area contributed by atoms with E-state index in [1.807, 2.05) is 6.21 Å². The monoisotopic (exact) mass is 407 g/mol. The zero-order valence-electron chi connectivity index (χ0n) is 18.4. The van der Waals surface area contributed by atoms with Gasteiger partial charge in [0.15, 0.2) is 0 Å². The molecular weight excluding hydrogens is 378 g/mol. The molecule has 3 aromatic rings. The molecule has 1 N–H and O–H groups in total. The molecule has 2 aliphatic rings. The van der Waals surface area contributed by atoms with Crippen LogP contribution in [0.25, 0.3) is 0 Å². The van der Waals surface area contributed by atoms with E-state index in [0.29, 0.717) is 17.9 Å². The first-order valence-electron chi connectivity index (χ1n) is 11.0. The Morgan fingerprint density at radius 3 is 2.48 bits per heavy atom. The van der Waals surface area contributed by atoms with Crippen molar-refractivity contribution in [3.63, 3.8) is 0 Å². The Morgan fingerprint density at radius 2 is 1.74 bits per heavy atom. The molecule has 1 aliphatic heterocycles. The van der Waals surface area contributed by atoms with E-state index < -0.39 is 0 Å². The Hall–Kier alpha value is -3.33. The summed E-state index contributed by atoms with van der Waals surface area (Å²) in [6.45, 7) is 2.18. The maximum absolute atomic E-state index is 4.68. The van der Waals surface area contributed by atoms with E-state index in [9.17, 15) is 0 Å². The zero-order chi connectivity index (χ0) is 21.4. The van der Waals surface area contributed by atoms with Gasteiger partial charge in [-0.3, -0.25) is 4.99 Å². The van der Waals surface area contributed by atoms with Gasteiger partial charge in [0, 0.05) is 37.6 Å². The lowest BCUT2D eigenvalue weighted by atomic mass is 9.76. The molecule has 0 radical (unpaired) electrons. The first-order valence-corrected chi connectivity index (χ1v) is 11.0. The molecule has 0 fully saturated rings. The molecule has 0 aromatic heterocycles. The summed E-state index contributed by atoms with van der Waals surface area (Å²) >= 11 is 0. The van der Waals surface area contributed by atoms with E-state index in [2.05, 4.69) is 115 Å². The van der Waals surface area contributed by atoms with Crippen molar-refractivity contribution < 1.29 is 0 Å². The summed E-state index contributed by atoms with van der Waals surface area (Å²) in [5, 5.41) is 3.82. The average Bonchev–Trinajstić information content (AvgIpc) is 3.28. The summed E-state index contributed by atoms with van der Waals surface area (Å²) in [6, 6.07) is 24.3. The third kappa shape index (κ3) is 3.88. The van der Waals surface area contributed by atoms with Crippen LogP contribution in [0.1, 0.15) is 40.6 Å². The van der Waals surface area contributed by atoms with Crippen molar-refractivity contribution >= 4 is 23.3 Å². The first-order chi connectivity index (χ1) is 15.1.